The third-order valence-corrected chi connectivity index (χ3v) is 5.86. The fraction of sp³-hybridized carbons (Fsp3) is 0.296. The van der Waals surface area contributed by atoms with Gasteiger partial charge in [-0.05, 0) is 80.5 Å². The molecule has 36 heavy (non-hydrogen) atoms. The van der Waals surface area contributed by atoms with Gasteiger partial charge in [0.2, 0.25) is 0 Å². The molecule has 0 radical (unpaired) electrons. The first-order valence-electron chi connectivity index (χ1n) is 11.5. The zero-order valence-electron chi connectivity index (χ0n) is 20.6. The summed E-state index contributed by atoms with van der Waals surface area (Å²) in [5.41, 5.74) is 1.93. The number of nitro benzene ring substituents is 1. The van der Waals surface area contributed by atoms with Crippen molar-refractivity contribution in [3.05, 3.63) is 93.8 Å². The predicted molar refractivity (Wildman–Crippen MR) is 137 cm³/mol. The van der Waals surface area contributed by atoms with Gasteiger partial charge in [0, 0.05) is 36.5 Å². The Labute approximate surface area is 210 Å². The molecule has 3 rings (SSSR count). The molecule has 0 aliphatic carbocycles. The third-order valence-electron chi connectivity index (χ3n) is 5.86. The summed E-state index contributed by atoms with van der Waals surface area (Å²) in [5.74, 6) is 0.686. The van der Waals surface area contributed by atoms with Crippen LogP contribution in [0.4, 0.5) is 15.8 Å². The average Bonchev–Trinajstić information content (AvgIpc) is 2.90. The molecule has 0 atom stereocenters. The summed E-state index contributed by atoms with van der Waals surface area (Å²) in [7, 11) is 5.23. The predicted octanol–water partition coefficient (Wildman–Crippen LogP) is 4.96. The topological polar surface area (TPSA) is 85.2 Å². The number of hydrogen-bond acceptors (Lipinski definition) is 6. The minimum atomic E-state index is -0.510. The summed E-state index contributed by atoms with van der Waals surface area (Å²) in [5, 5.41) is 10.9. The van der Waals surface area contributed by atoms with Crippen molar-refractivity contribution in [2.75, 3.05) is 45.8 Å². The summed E-state index contributed by atoms with van der Waals surface area (Å²) in [6.45, 7) is 1.95. The molecule has 190 valence electrons. The summed E-state index contributed by atoms with van der Waals surface area (Å²) in [4.78, 5) is 27.4. The van der Waals surface area contributed by atoms with Gasteiger partial charge in [0.05, 0.1) is 19.1 Å². The minimum absolute atomic E-state index is 0.0870. The van der Waals surface area contributed by atoms with Gasteiger partial charge in [-0.1, -0.05) is 6.07 Å². The van der Waals surface area contributed by atoms with Crippen LogP contribution in [-0.4, -0.2) is 56.6 Å². The second-order valence-corrected chi connectivity index (χ2v) is 8.33. The number of halogens is 1. The molecule has 0 aliphatic heterocycles. The maximum atomic E-state index is 13.5. The van der Waals surface area contributed by atoms with E-state index in [1.165, 1.54) is 36.4 Å². The number of nitro groups is 1. The van der Waals surface area contributed by atoms with Crippen molar-refractivity contribution in [2.45, 2.75) is 12.8 Å². The smallest absolute Gasteiger partial charge is 0.269 e. The van der Waals surface area contributed by atoms with Crippen molar-refractivity contribution in [1.29, 1.82) is 0 Å². The number of carbonyl (C=O) groups excluding carboxylic acids is 1. The third kappa shape index (κ3) is 7.02. The Hall–Kier alpha value is -3.98. The number of methoxy groups -OCH3 is 2. The van der Waals surface area contributed by atoms with E-state index in [-0.39, 0.29) is 11.6 Å². The standard InChI is InChI=1S/C27H30FN3O5/c1-29(18-15-20-5-14-25(35-2)26(19-20)36-3)16-4-17-30(23-12-8-22(28)9-13-23)27(32)21-6-10-24(11-7-21)31(33)34/h5-14,19H,4,15-18H2,1-3H3. The van der Waals surface area contributed by atoms with Gasteiger partial charge in [0.1, 0.15) is 5.82 Å². The molecule has 0 saturated heterocycles. The van der Waals surface area contributed by atoms with Crippen LogP contribution in [0.25, 0.3) is 0 Å². The van der Waals surface area contributed by atoms with E-state index >= 15 is 0 Å². The molecule has 3 aromatic rings. The maximum absolute atomic E-state index is 13.5. The van der Waals surface area contributed by atoms with Gasteiger partial charge in [-0.25, -0.2) is 4.39 Å². The van der Waals surface area contributed by atoms with Crippen LogP contribution in [0.2, 0.25) is 0 Å². The SMILES string of the molecule is COc1ccc(CCN(C)CCCN(C(=O)c2ccc([N+](=O)[O-])cc2)c2ccc(F)cc2)cc1OC. The van der Waals surface area contributed by atoms with Crippen molar-refractivity contribution >= 4 is 17.3 Å². The minimum Gasteiger partial charge on any atom is -0.493 e. The molecular weight excluding hydrogens is 465 g/mol. The lowest BCUT2D eigenvalue weighted by Gasteiger charge is -2.25. The molecule has 0 fully saturated rings. The Morgan fingerprint density at radius 2 is 1.58 bits per heavy atom. The van der Waals surface area contributed by atoms with Crippen molar-refractivity contribution in [3.63, 3.8) is 0 Å². The van der Waals surface area contributed by atoms with Gasteiger partial charge in [-0.3, -0.25) is 14.9 Å². The van der Waals surface area contributed by atoms with Crippen LogP contribution < -0.4 is 14.4 Å². The van der Waals surface area contributed by atoms with Crippen molar-refractivity contribution in [1.82, 2.24) is 4.90 Å². The van der Waals surface area contributed by atoms with Crippen LogP contribution in [0.5, 0.6) is 11.5 Å². The molecule has 0 heterocycles. The number of carbonyl (C=O) groups is 1. The first-order chi connectivity index (χ1) is 17.3. The first kappa shape index (κ1) is 26.6. The van der Waals surface area contributed by atoms with E-state index in [9.17, 15) is 19.3 Å². The molecule has 1 amide bonds. The number of anilines is 1. The highest BCUT2D eigenvalue weighted by molar-refractivity contribution is 6.06. The number of hydrogen-bond donors (Lipinski definition) is 0. The zero-order valence-corrected chi connectivity index (χ0v) is 20.6. The highest BCUT2D eigenvalue weighted by atomic mass is 19.1. The van der Waals surface area contributed by atoms with Gasteiger partial charge >= 0.3 is 0 Å². The van der Waals surface area contributed by atoms with Crippen LogP contribution in [0.3, 0.4) is 0 Å². The molecule has 0 aliphatic rings. The van der Waals surface area contributed by atoms with Gasteiger partial charge in [0.25, 0.3) is 11.6 Å². The molecule has 0 aromatic heterocycles. The number of benzene rings is 3. The van der Waals surface area contributed by atoms with Crippen molar-refractivity contribution in [3.8, 4) is 11.5 Å². The molecular formula is C27H30FN3O5. The van der Waals surface area contributed by atoms with Crippen molar-refractivity contribution in [2.24, 2.45) is 0 Å². The fourth-order valence-electron chi connectivity index (χ4n) is 3.82. The number of nitrogens with zero attached hydrogens (tertiary/aromatic N) is 3. The molecule has 0 unspecified atom stereocenters. The van der Waals surface area contributed by atoms with E-state index in [1.54, 1.807) is 31.3 Å². The molecule has 8 nitrogen and oxygen atoms in total. The van der Waals surface area contributed by atoms with Gasteiger partial charge in [0.15, 0.2) is 11.5 Å². The second-order valence-electron chi connectivity index (χ2n) is 8.33. The number of rotatable bonds is 12. The lowest BCUT2D eigenvalue weighted by molar-refractivity contribution is -0.384. The molecule has 0 saturated carbocycles. The van der Waals surface area contributed by atoms with Crippen LogP contribution in [0.15, 0.2) is 66.7 Å². The quantitative estimate of drug-likeness (QED) is 0.261. The summed E-state index contributed by atoms with van der Waals surface area (Å²) >= 11 is 0. The van der Waals surface area contributed by atoms with E-state index in [0.717, 1.165) is 25.1 Å². The second kappa shape index (κ2) is 12.6. The Kier molecular flexibility index (Phi) is 9.35. The van der Waals surface area contributed by atoms with E-state index in [4.69, 9.17) is 9.47 Å². The van der Waals surface area contributed by atoms with Crippen molar-refractivity contribution < 1.29 is 23.6 Å². The summed E-state index contributed by atoms with van der Waals surface area (Å²) < 4.78 is 24.1. The molecule has 0 bridgehead atoms. The Morgan fingerprint density at radius 1 is 0.917 bits per heavy atom. The summed E-state index contributed by atoms with van der Waals surface area (Å²) in [6, 6.07) is 17.1. The fourth-order valence-corrected chi connectivity index (χ4v) is 3.82. The number of non-ortho nitro benzene ring substituents is 1. The lowest BCUT2D eigenvalue weighted by Crippen LogP contribution is -2.34. The van der Waals surface area contributed by atoms with Gasteiger partial charge < -0.3 is 19.3 Å². The largest absolute Gasteiger partial charge is 0.493 e. The Bertz CT molecular complexity index is 1170. The maximum Gasteiger partial charge on any atom is 0.269 e. The zero-order chi connectivity index (χ0) is 26.1. The van der Waals surface area contributed by atoms with Crippen LogP contribution in [0.1, 0.15) is 22.3 Å². The molecule has 0 spiro atoms. The highest BCUT2D eigenvalue weighted by Crippen LogP contribution is 2.27. The highest BCUT2D eigenvalue weighted by Gasteiger charge is 2.19. The Morgan fingerprint density at radius 3 is 2.19 bits per heavy atom. The van der Waals surface area contributed by atoms with Crippen LogP contribution in [-0.2, 0) is 6.42 Å². The van der Waals surface area contributed by atoms with E-state index in [2.05, 4.69) is 4.90 Å². The molecule has 3 aromatic carbocycles. The number of ether oxygens (including phenoxy) is 2. The van der Waals surface area contributed by atoms with Gasteiger partial charge in [-0.2, -0.15) is 0 Å². The van der Waals surface area contributed by atoms with Gasteiger partial charge in [-0.15, -0.1) is 0 Å². The summed E-state index contributed by atoms with van der Waals surface area (Å²) in [6.07, 6.45) is 1.50. The number of amides is 1. The Balaban J connectivity index is 1.62. The average molecular weight is 496 g/mol. The van der Waals surface area contributed by atoms with E-state index in [1.807, 2.05) is 25.2 Å². The monoisotopic (exact) mass is 495 g/mol. The van der Waals surface area contributed by atoms with Crippen LogP contribution >= 0.6 is 0 Å². The van der Waals surface area contributed by atoms with E-state index in [0.29, 0.717) is 35.7 Å². The lowest BCUT2D eigenvalue weighted by atomic mass is 10.1. The molecule has 0 N–H and O–H groups in total. The molecule has 9 heteroatoms. The van der Waals surface area contributed by atoms with Crippen LogP contribution in [0, 0.1) is 15.9 Å². The normalized spacial score (nSPS) is 10.8. The first-order valence-corrected chi connectivity index (χ1v) is 11.5. The number of likely N-dealkylation sites (N-methyl/N-ethyl adjacent to an activating group) is 1. The van der Waals surface area contributed by atoms with E-state index < -0.39 is 10.7 Å².